The molecule has 1 atom stereocenters. The minimum Gasteiger partial charge on any atom is -0.387 e. The normalized spacial score (nSPS) is 12.0. The quantitative estimate of drug-likeness (QED) is 0.703. The lowest BCUT2D eigenvalue weighted by molar-refractivity contribution is -0.116. The highest BCUT2D eigenvalue weighted by Gasteiger charge is 2.08. The highest BCUT2D eigenvalue weighted by Crippen LogP contribution is 2.12. The Morgan fingerprint density at radius 3 is 2.36 bits per heavy atom. The molecule has 0 spiro atoms. The number of nitrogens with one attached hydrogen (secondary N) is 2. The zero-order valence-corrected chi connectivity index (χ0v) is 13.7. The van der Waals surface area contributed by atoms with E-state index >= 15 is 0 Å². The summed E-state index contributed by atoms with van der Waals surface area (Å²) < 4.78 is 12.8. The summed E-state index contributed by atoms with van der Waals surface area (Å²) in [6.07, 6.45) is 2.03. The largest absolute Gasteiger partial charge is 0.387 e. The Labute approximate surface area is 145 Å². The number of amides is 2. The summed E-state index contributed by atoms with van der Waals surface area (Å²) in [7, 11) is 1.56. The molecule has 2 aromatic carbocycles. The standard InChI is InChI=1S/C19H19FN2O3/c1-21-19(25)15-5-2-13(3-6-15)4-11-18(24)22-12-17(23)14-7-9-16(20)10-8-14/h2-11,17,23H,12H2,1H3,(H,21,25)(H,22,24)/b11-4+. The molecule has 2 amide bonds. The van der Waals surface area contributed by atoms with Crippen molar-refractivity contribution < 1.29 is 19.1 Å². The second-order valence-corrected chi connectivity index (χ2v) is 5.35. The van der Waals surface area contributed by atoms with Crippen molar-refractivity contribution in [3.8, 4) is 0 Å². The van der Waals surface area contributed by atoms with Crippen LogP contribution in [0.5, 0.6) is 0 Å². The number of rotatable bonds is 6. The van der Waals surface area contributed by atoms with Crippen LogP contribution in [0.2, 0.25) is 0 Å². The maximum atomic E-state index is 12.8. The van der Waals surface area contributed by atoms with E-state index in [2.05, 4.69) is 10.6 Å². The topological polar surface area (TPSA) is 78.4 Å². The molecule has 25 heavy (non-hydrogen) atoms. The van der Waals surface area contributed by atoms with Gasteiger partial charge >= 0.3 is 0 Å². The maximum Gasteiger partial charge on any atom is 0.251 e. The summed E-state index contributed by atoms with van der Waals surface area (Å²) in [6, 6.07) is 12.2. The zero-order valence-electron chi connectivity index (χ0n) is 13.7. The van der Waals surface area contributed by atoms with Gasteiger partial charge in [-0.05, 0) is 41.5 Å². The van der Waals surface area contributed by atoms with Crippen molar-refractivity contribution >= 4 is 17.9 Å². The van der Waals surface area contributed by atoms with Gasteiger partial charge in [-0.25, -0.2) is 4.39 Å². The number of carbonyl (C=O) groups is 2. The first-order chi connectivity index (χ1) is 12.0. The van der Waals surface area contributed by atoms with Gasteiger partial charge in [0.05, 0.1) is 6.10 Å². The van der Waals surface area contributed by atoms with Crippen LogP contribution in [0.3, 0.4) is 0 Å². The average molecular weight is 342 g/mol. The van der Waals surface area contributed by atoms with Crippen molar-refractivity contribution in [2.45, 2.75) is 6.10 Å². The molecule has 0 saturated carbocycles. The van der Waals surface area contributed by atoms with Gasteiger partial charge < -0.3 is 15.7 Å². The summed E-state index contributed by atoms with van der Waals surface area (Å²) in [6.45, 7) is 0.0183. The Balaban J connectivity index is 1.86. The molecule has 0 aliphatic carbocycles. The number of hydrogen-bond donors (Lipinski definition) is 3. The highest BCUT2D eigenvalue weighted by atomic mass is 19.1. The van der Waals surface area contributed by atoms with Crippen molar-refractivity contribution in [3.63, 3.8) is 0 Å². The summed E-state index contributed by atoms with van der Waals surface area (Å²) in [5.41, 5.74) is 1.82. The number of carbonyl (C=O) groups excluding carboxylic acids is 2. The predicted octanol–water partition coefficient (Wildman–Crippen LogP) is 2.05. The third-order valence-corrected chi connectivity index (χ3v) is 3.55. The molecule has 2 aromatic rings. The molecule has 6 heteroatoms. The lowest BCUT2D eigenvalue weighted by atomic mass is 10.1. The molecule has 0 heterocycles. The van der Waals surface area contributed by atoms with Crippen LogP contribution >= 0.6 is 0 Å². The fraction of sp³-hybridized carbons (Fsp3) is 0.158. The Hall–Kier alpha value is -2.99. The number of aliphatic hydroxyl groups is 1. The number of benzene rings is 2. The fourth-order valence-corrected chi connectivity index (χ4v) is 2.12. The molecule has 130 valence electrons. The first kappa shape index (κ1) is 18.4. The van der Waals surface area contributed by atoms with Gasteiger partial charge in [0.25, 0.3) is 5.91 Å². The summed E-state index contributed by atoms with van der Waals surface area (Å²) >= 11 is 0. The van der Waals surface area contributed by atoms with E-state index in [1.165, 1.54) is 30.3 Å². The van der Waals surface area contributed by atoms with Crippen LogP contribution in [0.1, 0.15) is 27.6 Å². The van der Waals surface area contributed by atoms with Gasteiger partial charge in [0.2, 0.25) is 5.91 Å². The number of hydrogen-bond acceptors (Lipinski definition) is 3. The summed E-state index contributed by atoms with van der Waals surface area (Å²) in [5.74, 6) is -0.926. The lowest BCUT2D eigenvalue weighted by Gasteiger charge is -2.11. The second-order valence-electron chi connectivity index (χ2n) is 5.35. The highest BCUT2D eigenvalue weighted by molar-refractivity contribution is 5.94. The molecule has 2 rings (SSSR count). The van der Waals surface area contributed by atoms with Crippen molar-refractivity contribution in [1.82, 2.24) is 10.6 Å². The molecule has 0 aliphatic heterocycles. The van der Waals surface area contributed by atoms with E-state index in [1.807, 2.05) is 0 Å². The predicted molar refractivity (Wildman–Crippen MR) is 93.2 cm³/mol. The van der Waals surface area contributed by atoms with Crippen LogP contribution in [0, 0.1) is 5.82 Å². The second kappa shape index (κ2) is 8.75. The molecule has 5 nitrogen and oxygen atoms in total. The monoisotopic (exact) mass is 342 g/mol. The Kier molecular flexibility index (Phi) is 6.42. The molecule has 1 unspecified atom stereocenters. The van der Waals surface area contributed by atoms with Crippen LogP contribution in [-0.2, 0) is 4.79 Å². The van der Waals surface area contributed by atoms with E-state index in [4.69, 9.17) is 0 Å². The lowest BCUT2D eigenvalue weighted by Crippen LogP contribution is -2.26. The van der Waals surface area contributed by atoms with E-state index in [1.54, 1.807) is 37.4 Å². The van der Waals surface area contributed by atoms with E-state index < -0.39 is 6.10 Å². The molecular formula is C19H19FN2O3. The molecular weight excluding hydrogens is 323 g/mol. The van der Waals surface area contributed by atoms with Crippen molar-refractivity contribution in [2.24, 2.45) is 0 Å². The summed E-state index contributed by atoms with van der Waals surface area (Å²) in [4.78, 5) is 23.2. The Bertz CT molecular complexity index is 755. The van der Waals surface area contributed by atoms with Gasteiger partial charge in [-0.2, -0.15) is 0 Å². The van der Waals surface area contributed by atoms with E-state index in [0.717, 1.165) is 5.56 Å². The molecule has 3 N–H and O–H groups in total. The molecule has 0 fully saturated rings. The molecule has 0 bridgehead atoms. The summed E-state index contributed by atoms with van der Waals surface area (Å²) in [5, 5.41) is 15.1. The Morgan fingerprint density at radius 1 is 1.12 bits per heavy atom. The fourth-order valence-electron chi connectivity index (χ4n) is 2.12. The molecule has 0 radical (unpaired) electrons. The van der Waals surface area contributed by atoms with E-state index in [-0.39, 0.29) is 24.2 Å². The van der Waals surface area contributed by atoms with Gasteiger partial charge in [0.15, 0.2) is 0 Å². The molecule has 0 aromatic heterocycles. The van der Waals surface area contributed by atoms with Crippen LogP contribution in [0.4, 0.5) is 4.39 Å². The third-order valence-electron chi connectivity index (χ3n) is 3.55. The van der Waals surface area contributed by atoms with Crippen LogP contribution in [-0.4, -0.2) is 30.5 Å². The number of aliphatic hydroxyl groups excluding tert-OH is 1. The van der Waals surface area contributed by atoms with Gasteiger partial charge in [-0.3, -0.25) is 9.59 Å². The Morgan fingerprint density at radius 2 is 1.76 bits per heavy atom. The first-order valence-corrected chi connectivity index (χ1v) is 7.71. The molecule has 0 aliphatic rings. The van der Waals surface area contributed by atoms with E-state index in [0.29, 0.717) is 11.1 Å². The van der Waals surface area contributed by atoms with Crippen LogP contribution in [0.25, 0.3) is 6.08 Å². The van der Waals surface area contributed by atoms with Crippen LogP contribution < -0.4 is 10.6 Å². The van der Waals surface area contributed by atoms with Gasteiger partial charge in [0.1, 0.15) is 5.82 Å². The van der Waals surface area contributed by atoms with E-state index in [9.17, 15) is 19.1 Å². The average Bonchev–Trinajstić information content (AvgIpc) is 2.64. The SMILES string of the molecule is CNC(=O)c1ccc(/C=C/C(=O)NCC(O)c2ccc(F)cc2)cc1. The third kappa shape index (κ3) is 5.54. The maximum absolute atomic E-state index is 12.8. The zero-order chi connectivity index (χ0) is 18.2. The van der Waals surface area contributed by atoms with Crippen molar-refractivity contribution in [2.75, 3.05) is 13.6 Å². The number of halogens is 1. The first-order valence-electron chi connectivity index (χ1n) is 7.71. The van der Waals surface area contributed by atoms with Crippen molar-refractivity contribution in [1.29, 1.82) is 0 Å². The van der Waals surface area contributed by atoms with Gasteiger partial charge in [-0.15, -0.1) is 0 Å². The molecule has 0 saturated heterocycles. The van der Waals surface area contributed by atoms with Gasteiger partial charge in [-0.1, -0.05) is 24.3 Å². The van der Waals surface area contributed by atoms with Crippen LogP contribution in [0.15, 0.2) is 54.6 Å². The smallest absolute Gasteiger partial charge is 0.251 e. The minimum atomic E-state index is -0.912. The van der Waals surface area contributed by atoms with Crippen molar-refractivity contribution in [3.05, 3.63) is 77.1 Å². The minimum absolute atomic E-state index is 0.0183. The van der Waals surface area contributed by atoms with Gasteiger partial charge in [0, 0.05) is 25.2 Å².